The minimum absolute atomic E-state index is 0.0498. The van der Waals surface area contributed by atoms with Crippen molar-refractivity contribution in [2.24, 2.45) is 0 Å². The molecule has 0 saturated heterocycles. The Hall–Kier alpha value is -3.49. The molecule has 2 aromatic carbocycles. The van der Waals surface area contributed by atoms with Crippen molar-refractivity contribution in [3.8, 4) is 28.6 Å². The Morgan fingerprint density at radius 2 is 1.62 bits per heavy atom. The van der Waals surface area contributed by atoms with Crippen LogP contribution in [0.4, 0.5) is 13.2 Å². The summed E-state index contributed by atoms with van der Waals surface area (Å²) in [6.07, 6.45) is -3.29. The Morgan fingerprint density at radius 1 is 1.00 bits per heavy atom. The maximum Gasteiger partial charge on any atom is 0.417 e. The van der Waals surface area contributed by atoms with Crippen LogP contribution in [0, 0.1) is 0 Å². The fourth-order valence-electron chi connectivity index (χ4n) is 2.87. The maximum atomic E-state index is 13.3. The normalized spacial score (nSPS) is 11.2. The number of aromatic nitrogens is 2. The van der Waals surface area contributed by atoms with Crippen LogP contribution in [0.1, 0.15) is 21.6 Å². The van der Waals surface area contributed by atoms with E-state index in [9.17, 15) is 18.0 Å². The number of methoxy groups -OCH3 is 3. The van der Waals surface area contributed by atoms with Gasteiger partial charge in [0.25, 0.3) is 0 Å². The van der Waals surface area contributed by atoms with Crippen molar-refractivity contribution in [1.29, 1.82) is 0 Å². The second-order valence-corrected chi connectivity index (χ2v) is 5.92. The van der Waals surface area contributed by atoms with Crippen LogP contribution < -0.4 is 14.2 Å². The second kappa shape index (κ2) is 7.86. The highest BCUT2D eigenvalue weighted by Gasteiger charge is 2.34. The minimum atomic E-state index is -4.55. The van der Waals surface area contributed by atoms with Crippen LogP contribution in [0.25, 0.3) is 11.4 Å². The zero-order valence-corrected chi connectivity index (χ0v) is 15.8. The molecule has 1 N–H and O–H groups in total. The minimum Gasteiger partial charge on any atom is -0.493 e. The zero-order valence-electron chi connectivity index (χ0n) is 15.8. The molecule has 3 aromatic rings. The van der Waals surface area contributed by atoms with Crippen molar-refractivity contribution in [3.05, 3.63) is 59.4 Å². The molecule has 6 nitrogen and oxygen atoms in total. The summed E-state index contributed by atoms with van der Waals surface area (Å²) in [5, 5.41) is 0. The molecule has 1 heterocycles. The van der Waals surface area contributed by atoms with Crippen LogP contribution >= 0.6 is 0 Å². The summed E-state index contributed by atoms with van der Waals surface area (Å²) in [7, 11) is 4.25. The number of benzene rings is 2. The van der Waals surface area contributed by atoms with Crippen molar-refractivity contribution >= 4 is 5.78 Å². The maximum absolute atomic E-state index is 13.3. The van der Waals surface area contributed by atoms with Gasteiger partial charge in [-0.25, -0.2) is 4.98 Å². The van der Waals surface area contributed by atoms with Crippen molar-refractivity contribution in [2.45, 2.75) is 6.18 Å². The lowest BCUT2D eigenvalue weighted by Gasteiger charge is -2.13. The van der Waals surface area contributed by atoms with Crippen molar-refractivity contribution in [2.75, 3.05) is 21.3 Å². The molecule has 0 aliphatic rings. The van der Waals surface area contributed by atoms with Crippen LogP contribution in [-0.4, -0.2) is 37.1 Å². The number of imidazole rings is 1. The number of aromatic amines is 1. The molecule has 0 aliphatic heterocycles. The van der Waals surface area contributed by atoms with E-state index >= 15 is 0 Å². The van der Waals surface area contributed by atoms with Crippen LogP contribution in [0.3, 0.4) is 0 Å². The SMILES string of the molecule is COc1cc(C(=O)c2c[nH]c(-c3ccccc3C(F)(F)F)n2)cc(OC)c1OC. The first-order chi connectivity index (χ1) is 13.8. The molecule has 1 aromatic heterocycles. The van der Waals surface area contributed by atoms with Gasteiger partial charge in [0.2, 0.25) is 11.5 Å². The summed E-state index contributed by atoms with van der Waals surface area (Å²) in [6, 6.07) is 7.89. The van der Waals surface area contributed by atoms with Crippen LogP contribution in [0.5, 0.6) is 17.2 Å². The Kier molecular flexibility index (Phi) is 5.49. The van der Waals surface area contributed by atoms with E-state index in [1.807, 2.05) is 0 Å². The van der Waals surface area contributed by atoms with Crippen molar-refractivity contribution < 1.29 is 32.2 Å². The van der Waals surface area contributed by atoms with E-state index in [1.165, 1.54) is 57.9 Å². The molecule has 0 saturated carbocycles. The standard InChI is InChI=1S/C20H17F3N2O4/c1-27-15-8-11(9-16(28-2)18(15)29-3)17(26)14-10-24-19(25-14)12-6-4-5-7-13(12)20(21,22)23/h4-10H,1-3H3,(H,24,25). The lowest BCUT2D eigenvalue weighted by Crippen LogP contribution is -2.07. The molecule has 0 radical (unpaired) electrons. The first-order valence-electron chi connectivity index (χ1n) is 8.36. The molecule has 0 bridgehead atoms. The smallest absolute Gasteiger partial charge is 0.417 e. The van der Waals surface area contributed by atoms with Crippen LogP contribution in [-0.2, 0) is 6.18 Å². The number of carbonyl (C=O) groups is 1. The molecule has 0 amide bonds. The van der Waals surface area contributed by atoms with Crippen molar-refractivity contribution in [1.82, 2.24) is 9.97 Å². The summed E-state index contributed by atoms with van der Waals surface area (Å²) in [5.41, 5.74) is -0.863. The Morgan fingerprint density at radius 3 is 2.17 bits per heavy atom. The average molecular weight is 406 g/mol. The highest BCUT2D eigenvalue weighted by atomic mass is 19.4. The first kappa shape index (κ1) is 20.2. The Labute approximate surface area is 164 Å². The van der Waals surface area contributed by atoms with Gasteiger partial charge < -0.3 is 19.2 Å². The fourth-order valence-corrected chi connectivity index (χ4v) is 2.87. The monoisotopic (exact) mass is 406 g/mol. The predicted molar refractivity (Wildman–Crippen MR) is 98.6 cm³/mol. The number of alkyl halides is 3. The zero-order chi connectivity index (χ0) is 21.2. The topological polar surface area (TPSA) is 73.4 Å². The van der Waals surface area contributed by atoms with E-state index in [-0.39, 0.29) is 34.1 Å². The van der Waals surface area contributed by atoms with E-state index < -0.39 is 17.5 Å². The van der Waals surface area contributed by atoms with Gasteiger partial charge >= 0.3 is 6.18 Å². The molecular formula is C20H17F3N2O4. The summed E-state index contributed by atoms with van der Waals surface area (Å²) < 4.78 is 55.4. The number of hydrogen-bond acceptors (Lipinski definition) is 5. The number of nitrogens with one attached hydrogen (secondary N) is 1. The number of nitrogens with zero attached hydrogens (tertiary/aromatic N) is 1. The van der Waals surface area contributed by atoms with Gasteiger partial charge in [-0.2, -0.15) is 13.2 Å². The van der Waals surface area contributed by atoms with Crippen molar-refractivity contribution in [3.63, 3.8) is 0 Å². The molecule has 0 atom stereocenters. The number of ether oxygens (including phenoxy) is 3. The van der Waals surface area contributed by atoms with Gasteiger partial charge in [-0.05, 0) is 18.2 Å². The molecule has 0 spiro atoms. The molecule has 0 unspecified atom stereocenters. The highest BCUT2D eigenvalue weighted by Crippen LogP contribution is 2.39. The van der Waals surface area contributed by atoms with Crippen LogP contribution in [0.15, 0.2) is 42.6 Å². The molecule has 9 heteroatoms. The second-order valence-electron chi connectivity index (χ2n) is 5.92. The summed E-state index contributed by atoms with van der Waals surface area (Å²) in [4.78, 5) is 19.6. The van der Waals surface area contributed by atoms with Gasteiger partial charge in [-0.3, -0.25) is 4.79 Å². The lowest BCUT2D eigenvalue weighted by molar-refractivity contribution is -0.137. The summed E-state index contributed by atoms with van der Waals surface area (Å²) >= 11 is 0. The molecule has 0 aliphatic carbocycles. The van der Waals surface area contributed by atoms with Crippen LogP contribution in [0.2, 0.25) is 0 Å². The quantitative estimate of drug-likeness (QED) is 0.616. The third-order valence-electron chi connectivity index (χ3n) is 4.23. The summed E-state index contributed by atoms with van der Waals surface area (Å²) in [6.45, 7) is 0. The van der Waals surface area contributed by atoms with Gasteiger partial charge in [0.1, 0.15) is 11.5 Å². The number of carbonyl (C=O) groups excluding carboxylic acids is 1. The van der Waals surface area contributed by atoms with Gasteiger partial charge in [0.05, 0.1) is 26.9 Å². The average Bonchev–Trinajstić information content (AvgIpc) is 3.21. The predicted octanol–water partition coefficient (Wildman–Crippen LogP) is 4.35. The highest BCUT2D eigenvalue weighted by molar-refractivity contribution is 6.08. The number of H-pyrrole nitrogens is 1. The third-order valence-corrected chi connectivity index (χ3v) is 4.23. The molecular weight excluding hydrogens is 389 g/mol. The van der Waals surface area contributed by atoms with E-state index in [2.05, 4.69) is 9.97 Å². The van der Waals surface area contributed by atoms with E-state index in [4.69, 9.17) is 14.2 Å². The molecule has 152 valence electrons. The van der Waals surface area contributed by atoms with Gasteiger partial charge in [-0.1, -0.05) is 18.2 Å². The lowest BCUT2D eigenvalue weighted by atomic mass is 10.1. The Balaban J connectivity index is 2.02. The third kappa shape index (κ3) is 3.89. The number of rotatable bonds is 6. The van der Waals surface area contributed by atoms with E-state index in [0.717, 1.165) is 6.07 Å². The number of ketones is 1. The molecule has 3 rings (SSSR count). The van der Waals surface area contributed by atoms with E-state index in [0.29, 0.717) is 5.75 Å². The number of halogens is 3. The Bertz CT molecular complexity index is 1020. The summed E-state index contributed by atoms with van der Waals surface area (Å²) in [5.74, 6) is 0.278. The first-order valence-corrected chi connectivity index (χ1v) is 8.36. The molecule has 29 heavy (non-hydrogen) atoms. The molecule has 0 fully saturated rings. The number of hydrogen-bond donors (Lipinski definition) is 1. The van der Waals surface area contributed by atoms with Gasteiger partial charge in [-0.15, -0.1) is 0 Å². The van der Waals surface area contributed by atoms with Gasteiger partial charge in [0, 0.05) is 17.3 Å². The largest absolute Gasteiger partial charge is 0.493 e. The van der Waals surface area contributed by atoms with E-state index in [1.54, 1.807) is 0 Å². The van der Waals surface area contributed by atoms with Gasteiger partial charge in [0.15, 0.2) is 11.5 Å². The fraction of sp³-hybridized carbons (Fsp3) is 0.200.